The second kappa shape index (κ2) is 10.4. The van der Waals surface area contributed by atoms with E-state index in [9.17, 15) is 8.42 Å². The average Bonchev–Trinajstić information content (AvgIpc) is 2.01. The van der Waals surface area contributed by atoms with Gasteiger partial charge in [-0.15, -0.1) is 0 Å². The molecular weight excluding hydrogens is 211 g/mol. The van der Waals surface area contributed by atoms with E-state index >= 15 is 0 Å². The molecule has 1 N–H and O–H groups in total. The Morgan fingerprint density at radius 3 is 1.79 bits per heavy atom. The van der Waals surface area contributed by atoms with E-state index in [0.717, 1.165) is 12.8 Å². The zero-order chi connectivity index (χ0) is 10.2. The molecule has 0 aromatic rings. The van der Waals surface area contributed by atoms with Crippen LogP contribution in [0.1, 0.15) is 51.9 Å². The summed E-state index contributed by atoms with van der Waals surface area (Å²) in [5, 5.41) is 0. The normalized spacial score (nSPS) is 11.0. The molecule has 0 aliphatic heterocycles. The Balaban J connectivity index is 0. The standard InChI is InChI=1S/C9H20O3S.Na/c1-2-3-4-5-6-7-8-9-13(10,11)12;/h2-9H2,1H3,(H,10,11,12);. The van der Waals surface area contributed by atoms with Crippen LogP contribution in [0.4, 0.5) is 0 Å². The van der Waals surface area contributed by atoms with E-state index in [0.29, 0.717) is 6.42 Å². The minimum absolute atomic E-state index is 0. The Hall–Kier alpha value is 0.910. The molecule has 81 valence electrons. The van der Waals surface area contributed by atoms with Crippen molar-refractivity contribution in [3.05, 3.63) is 0 Å². The predicted octanol–water partition coefficient (Wildman–Crippen LogP) is 2.24. The molecule has 0 bridgehead atoms. The molecule has 0 aliphatic rings. The fraction of sp³-hybridized carbons (Fsp3) is 1.00. The van der Waals surface area contributed by atoms with Crippen LogP contribution < -0.4 is 0 Å². The molecule has 0 amide bonds. The van der Waals surface area contributed by atoms with E-state index in [1.165, 1.54) is 25.7 Å². The van der Waals surface area contributed by atoms with E-state index in [1.807, 2.05) is 0 Å². The molecule has 0 saturated carbocycles. The van der Waals surface area contributed by atoms with Gasteiger partial charge in [0.1, 0.15) is 0 Å². The fourth-order valence-electron chi connectivity index (χ4n) is 1.24. The van der Waals surface area contributed by atoms with E-state index in [4.69, 9.17) is 4.55 Å². The molecule has 0 spiro atoms. The fourth-order valence-corrected chi connectivity index (χ4v) is 1.81. The summed E-state index contributed by atoms with van der Waals surface area (Å²) in [5.74, 6) is -0.0826. The van der Waals surface area contributed by atoms with Gasteiger partial charge in [-0.05, 0) is 6.42 Å². The van der Waals surface area contributed by atoms with Gasteiger partial charge in [-0.25, -0.2) is 0 Å². The largest absolute Gasteiger partial charge is 0.286 e. The molecule has 0 saturated heterocycles. The summed E-state index contributed by atoms with van der Waals surface area (Å²) in [6.07, 6.45) is 7.48. The van der Waals surface area contributed by atoms with E-state index in [-0.39, 0.29) is 35.3 Å². The Labute approximate surface area is 110 Å². The first-order valence-corrected chi connectivity index (χ1v) is 6.62. The quantitative estimate of drug-likeness (QED) is 0.396. The molecule has 0 aromatic carbocycles. The monoisotopic (exact) mass is 231 g/mol. The van der Waals surface area contributed by atoms with Gasteiger partial charge in [0.15, 0.2) is 0 Å². The van der Waals surface area contributed by atoms with Crippen LogP contribution in [0.3, 0.4) is 0 Å². The van der Waals surface area contributed by atoms with Crippen molar-refractivity contribution in [1.82, 2.24) is 0 Å². The molecule has 0 atom stereocenters. The summed E-state index contributed by atoms with van der Waals surface area (Å²) >= 11 is 0. The van der Waals surface area contributed by atoms with E-state index in [1.54, 1.807) is 0 Å². The van der Waals surface area contributed by atoms with Crippen LogP contribution in [0, 0.1) is 0 Å². The summed E-state index contributed by atoms with van der Waals surface area (Å²) in [5.41, 5.74) is 0. The van der Waals surface area contributed by atoms with E-state index in [2.05, 4.69) is 6.92 Å². The number of hydrogen-bond acceptors (Lipinski definition) is 2. The second-order valence-electron chi connectivity index (χ2n) is 3.41. The molecular formula is C9H20NaO3S. The van der Waals surface area contributed by atoms with Crippen molar-refractivity contribution in [3.63, 3.8) is 0 Å². The van der Waals surface area contributed by atoms with Crippen molar-refractivity contribution >= 4 is 39.7 Å². The van der Waals surface area contributed by atoms with Gasteiger partial charge < -0.3 is 0 Å². The third kappa shape index (κ3) is 15.4. The van der Waals surface area contributed by atoms with Gasteiger partial charge in [0.25, 0.3) is 10.1 Å². The summed E-state index contributed by atoms with van der Waals surface area (Å²) < 4.78 is 29.1. The maximum absolute atomic E-state index is 10.3. The molecule has 14 heavy (non-hydrogen) atoms. The van der Waals surface area contributed by atoms with Gasteiger partial charge in [0.05, 0.1) is 5.75 Å². The van der Waals surface area contributed by atoms with Gasteiger partial charge >= 0.3 is 0 Å². The summed E-state index contributed by atoms with van der Waals surface area (Å²) in [6, 6.07) is 0. The van der Waals surface area contributed by atoms with Crippen LogP contribution in [0.25, 0.3) is 0 Å². The SMILES string of the molecule is CCCCCCCCCS(=O)(=O)O.[Na]. The molecule has 5 heteroatoms. The Morgan fingerprint density at radius 2 is 1.36 bits per heavy atom. The topological polar surface area (TPSA) is 54.4 Å². The Kier molecular flexibility index (Phi) is 12.9. The molecule has 3 nitrogen and oxygen atoms in total. The molecule has 0 rings (SSSR count). The first kappa shape index (κ1) is 17.3. The minimum Gasteiger partial charge on any atom is -0.286 e. The van der Waals surface area contributed by atoms with Gasteiger partial charge in [0.2, 0.25) is 0 Å². The average molecular weight is 231 g/mol. The maximum atomic E-state index is 10.3. The van der Waals surface area contributed by atoms with Gasteiger partial charge in [0, 0.05) is 29.6 Å². The molecule has 0 heterocycles. The zero-order valence-electron chi connectivity index (χ0n) is 9.33. The minimum atomic E-state index is -3.72. The summed E-state index contributed by atoms with van der Waals surface area (Å²) in [6.45, 7) is 2.17. The van der Waals surface area contributed by atoms with Crippen molar-refractivity contribution in [2.24, 2.45) is 0 Å². The van der Waals surface area contributed by atoms with Crippen molar-refractivity contribution in [2.75, 3.05) is 5.75 Å². The van der Waals surface area contributed by atoms with Crippen LogP contribution in [0.2, 0.25) is 0 Å². The molecule has 0 aromatic heterocycles. The van der Waals surface area contributed by atoms with Crippen molar-refractivity contribution in [2.45, 2.75) is 51.9 Å². The molecule has 0 aliphatic carbocycles. The summed E-state index contributed by atoms with van der Waals surface area (Å²) in [4.78, 5) is 0. The third-order valence-electron chi connectivity index (χ3n) is 2.01. The first-order chi connectivity index (χ1) is 6.06. The maximum Gasteiger partial charge on any atom is 0.264 e. The van der Waals surface area contributed by atoms with Gasteiger partial charge in [-0.1, -0.05) is 45.4 Å². The first-order valence-electron chi connectivity index (χ1n) is 5.01. The Bertz CT molecular complexity index is 202. The van der Waals surface area contributed by atoms with Crippen LogP contribution in [-0.2, 0) is 10.1 Å². The van der Waals surface area contributed by atoms with Crippen molar-refractivity contribution < 1.29 is 13.0 Å². The third-order valence-corrected chi connectivity index (χ3v) is 2.81. The van der Waals surface area contributed by atoms with Crippen LogP contribution in [0.5, 0.6) is 0 Å². The molecule has 0 unspecified atom stereocenters. The van der Waals surface area contributed by atoms with Crippen molar-refractivity contribution in [3.8, 4) is 0 Å². The Morgan fingerprint density at radius 1 is 0.929 bits per heavy atom. The molecule has 1 radical (unpaired) electrons. The zero-order valence-corrected chi connectivity index (χ0v) is 12.1. The van der Waals surface area contributed by atoms with Crippen LogP contribution in [-0.4, -0.2) is 48.3 Å². The van der Waals surface area contributed by atoms with Gasteiger partial charge in [-0.2, -0.15) is 8.42 Å². The summed E-state index contributed by atoms with van der Waals surface area (Å²) in [7, 11) is -3.72. The number of unbranched alkanes of at least 4 members (excludes halogenated alkanes) is 6. The van der Waals surface area contributed by atoms with Crippen molar-refractivity contribution in [1.29, 1.82) is 0 Å². The van der Waals surface area contributed by atoms with Crippen LogP contribution >= 0.6 is 0 Å². The van der Waals surface area contributed by atoms with Gasteiger partial charge in [-0.3, -0.25) is 4.55 Å². The number of rotatable bonds is 8. The second-order valence-corrected chi connectivity index (χ2v) is 4.98. The predicted molar refractivity (Wildman–Crippen MR) is 60.2 cm³/mol. The number of hydrogen-bond donors (Lipinski definition) is 1. The van der Waals surface area contributed by atoms with Crippen LogP contribution in [0.15, 0.2) is 0 Å². The molecule has 0 fully saturated rings. The van der Waals surface area contributed by atoms with E-state index < -0.39 is 10.1 Å². The smallest absolute Gasteiger partial charge is 0.264 e.